The van der Waals surface area contributed by atoms with E-state index in [1.807, 2.05) is 24.5 Å². The summed E-state index contributed by atoms with van der Waals surface area (Å²) in [5.41, 5.74) is 2.43. The van der Waals surface area contributed by atoms with E-state index in [-0.39, 0.29) is 0 Å². The second-order valence-corrected chi connectivity index (χ2v) is 6.53. The lowest BCUT2D eigenvalue weighted by Gasteiger charge is -2.34. The number of hydrogen-bond donors (Lipinski definition) is 0. The summed E-state index contributed by atoms with van der Waals surface area (Å²) in [5, 5.41) is 0. The van der Waals surface area contributed by atoms with Gasteiger partial charge in [-0.2, -0.15) is 0 Å². The highest BCUT2D eigenvalue weighted by atomic mass is 15.3. The van der Waals surface area contributed by atoms with Gasteiger partial charge >= 0.3 is 0 Å². The Balaban J connectivity index is 1.27. The monoisotopic (exact) mass is 324 g/mol. The van der Waals surface area contributed by atoms with Crippen LogP contribution in [-0.2, 0) is 12.8 Å². The minimum Gasteiger partial charge on any atom is -0.301 e. The SMILES string of the molecule is c1ccc(CCCN2CCN(CCCc3ccccn3)CC2)nc1. The summed E-state index contributed by atoms with van der Waals surface area (Å²) in [6, 6.07) is 12.4. The Morgan fingerprint density at radius 3 is 1.50 bits per heavy atom. The molecule has 0 aromatic carbocycles. The summed E-state index contributed by atoms with van der Waals surface area (Å²) in [6.07, 6.45) is 8.36. The Morgan fingerprint density at radius 2 is 1.12 bits per heavy atom. The number of rotatable bonds is 8. The van der Waals surface area contributed by atoms with Crippen molar-refractivity contribution in [2.75, 3.05) is 39.3 Å². The fraction of sp³-hybridized carbons (Fsp3) is 0.500. The Labute approximate surface area is 145 Å². The van der Waals surface area contributed by atoms with Gasteiger partial charge in [0, 0.05) is 50.0 Å². The first-order chi connectivity index (χ1) is 11.9. The maximum absolute atomic E-state index is 4.40. The molecule has 1 aliphatic rings. The van der Waals surface area contributed by atoms with Gasteiger partial charge in [-0.15, -0.1) is 0 Å². The summed E-state index contributed by atoms with van der Waals surface area (Å²) in [5.74, 6) is 0. The zero-order valence-corrected chi connectivity index (χ0v) is 14.5. The van der Waals surface area contributed by atoms with Crippen molar-refractivity contribution in [3.05, 3.63) is 60.2 Å². The Hall–Kier alpha value is -1.78. The topological polar surface area (TPSA) is 32.3 Å². The van der Waals surface area contributed by atoms with E-state index in [4.69, 9.17) is 0 Å². The number of hydrogen-bond acceptors (Lipinski definition) is 4. The van der Waals surface area contributed by atoms with Gasteiger partial charge in [-0.3, -0.25) is 9.97 Å². The third kappa shape index (κ3) is 5.69. The minimum atomic E-state index is 1.09. The van der Waals surface area contributed by atoms with Crippen molar-refractivity contribution >= 4 is 0 Å². The second-order valence-electron chi connectivity index (χ2n) is 6.53. The van der Waals surface area contributed by atoms with Gasteiger partial charge in [0.1, 0.15) is 0 Å². The van der Waals surface area contributed by atoms with E-state index in [0.717, 1.165) is 12.8 Å². The van der Waals surface area contributed by atoms with E-state index in [2.05, 4.69) is 44.0 Å². The Kier molecular flexibility index (Phi) is 6.75. The molecule has 4 heteroatoms. The van der Waals surface area contributed by atoms with Crippen LogP contribution < -0.4 is 0 Å². The van der Waals surface area contributed by atoms with Crippen LogP contribution in [0.3, 0.4) is 0 Å². The first kappa shape index (κ1) is 17.1. The third-order valence-electron chi connectivity index (χ3n) is 4.73. The lowest BCUT2D eigenvalue weighted by molar-refractivity contribution is 0.130. The lowest BCUT2D eigenvalue weighted by Crippen LogP contribution is -2.46. The molecule has 0 N–H and O–H groups in total. The van der Waals surface area contributed by atoms with E-state index in [1.54, 1.807) is 0 Å². The van der Waals surface area contributed by atoms with Crippen LogP contribution in [0.4, 0.5) is 0 Å². The molecule has 24 heavy (non-hydrogen) atoms. The first-order valence-electron chi connectivity index (χ1n) is 9.15. The second kappa shape index (κ2) is 9.50. The van der Waals surface area contributed by atoms with E-state index in [1.165, 1.54) is 63.5 Å². The molecule has 2 aromatic rings. The van der Waals surface area contributed by atoms with Crippen LogP contribution in [-0.4, -0.2) is 59.0 Å². The molecule has 0 bridgehead atoms. The predicted molar refractivity (Wildman–Crippen MR) is 98.0 cm³/mol. The molecule has 3 rings (SSSR count). The normalized spacial score (nSPS) is 16.3. The summed E-state index contributed by atoms with van der Waals surface area (Å²) < 4.78 is 0. The van der Waals surface area contributed by atoms with Crippen LogP contribution in [0.15, 0.2) is 48.8 Å². The molecule has 0 saturated carbocycles. The number of aromatic nitrogens is 2. The Morgan fingerprint density at radius 1 is 0.667 bits per heavy atom. The third-order valence-corrected chi connectivity index (χ3v) is 4.73. The van der Waals surface area contributed by atoms with Crippen LogP contribution in [0, 0.1) is 0 Å². The molecule has 1 saturated heterocycles. The summed E-state index contributed by atoms with van der Waals surface area (Å²) in [7, 11) is 0. The first-order valence-corrected chi connectivity index (χ1v) is 9.15. The number of pyridine rings is 2. The highest BCUT2D eigenvalue weighted by Crippen LogP contribution is 2.07. The molecular formula is C20H28N4. The average molecular weight is 324 g/mol. The maximum atomic E-state index is 4.40. The van der Waals surface area contributed by atoms with Gasteiger partial charge in [-0.1, -0.05) is 12.1 Å². The molecule has 1 fully saturated rings. The number of nitrogens with zero attached hydrogens (tertiary/aromatic N) is 4. The highest BCUT2D eigenvalue weighted by molar-refractivity contribution is 5.04. The van der Waals surface area contributed by atoms with Crippen LogP contribution in [0.25, 0.3) is 0 Å². The van der Waals surface area contributed by atoms with Crippen molar-refractivity contribution in [3.8, 4) is 0 Å². The van der Waals surface area contributed by atoms with Crippen molar-refractivity contribution in [1.29, 1.82) is 0 Å². The fourth-order valence-electron chi connectivity index (χ4n) is 3.30. The largest absolute Gasteiger partial charge is 0.301 e. The summed E-state index contributed by atoms with van der Waals surface area (Å²) >= 11 is 0. The molecule has 4 nitrogen and oxygen atoms in total. The molecule has 0 amide bonds. The van der Waals surface area contributed by atoms with E-state index < -0.39 is 0 Å². The zero-order valence-electron chi connectivity index (χ0n) is 14.5. The average Bonchev–Trinajstić information content (AvgIpc) is 2.65. The van der Waals surface area contributed by atoms with Gasteiger partial charge in [-0.25, -0.2) is 0 Å². The molecule has 0 atom stereocenters. The number of aryl methyl sites for hydroxylation is 2. The lowest BCUT2D eigenvalue weighted by atomic mass is 10.2. The molecule has 0 spiro atoms. The van der Waals surface area contributed by atoms with Gasteiger partial charge in [0.25, 0.3) is 0 Å². The molecule has 128 valence electrons. The van der Waals surface area contributed by atoms with Crippen molar-refractivity contribution in [3.63, 3.8) is 0 Å². The van der Waals surface area contributed by atoms with Crippen LogP contribution >= 0.6 is 0 Å². The van der Waals surface area contributed by atoms with Gasteiger partial charge in [-0.05, 0) is 63.0 Å². The van der Waals surface area contributed by atoms with Crippen molar-refractivity contribution < 1.29 is 0 Å². The maximum Gasteiger partial charge on any atom is 0.0404 e. The zero-order chi connectivity index (χ0) is 16.5. The molecule has 2 aromatic heterocycles. The number of piperazine rings is 1. The standard InChI is InChI=1S/C20H28N4/c1-3-11-21-19(7-1)9-5-13-23-15-17-24(18-16-23)14-6-10-20-8-2-4-12-22-20/h1-4,7-8,11-12H,5-6,9-10,13-18H2. The van der Waals surface area contributed by atoms with E-state index in [9.17, 15) is 0 Å². The quantitative estimate of drug-likeness (QED) is 0.747. The fourth-order valence-corrected chi connectivity index (χ4v) is 3.30. The molecule has 3 heterocycles. The van der Waals surface area contributed by atoms with E-state index >= 15 is 0 Å². The molecule has 0 unspecified atom stereocenters. The van der Waals surface area contributed by atoms with Gasteiger partial charge in [0.15, 0.2) is 0 Å². The van der Waals surface area contributed by atoms with Gasteiger partial charge in [0.2, 0.25) is 0 Å². The summed E-state index contributed by atoms with van der Waals surface area (Å²) in [6.45, 7) is 7.19. The summed E-state index contributed by atoms with van der Waals surface area (Å²) in [4.78, 5) is 14.0. The van der Waals surface area contributed by atoms with Crippen molar-refractivity contribution in [2.24, 2.45) is 0 Å². The molecule has 1 aliphatic heterocycles. The van der Waals surface area contributed by atoms with Crippen molar-refractivity contribution in [2.45, 2.75) is 25.7 Å². The minimum absolute atomic E-state index is 1.09. The van der Waals surface area contributed by atoms with Crippen LogP contribution in [0.2, 0.25) is 0 Å². The molecule has 0 aliphatic carbocycles. The molecular weight excluding hydrogens is 296 g/mol. The smallest absolute Gasteiger partial charge is 0.0404 e. The molecule has 0 radical (unpaired) electrons. The van der Waals surface area contributed by atoms with Crippen molar-refractivity contribution in [1.82, 2.24) is 19.8 Å². The van der Waals surface area contributed by atoms with Gasteiger partial charge < -0.3 is 9.80 Å². The van der Waals surface area contributed by atoms with Crippen LogP contribution in [0.5, 0.6) is 0 Å². The Bertz CT molecular complexity index is 511. The van der Waals surface area contributed by atoms with E-state index in [0.29, 0.717) is 0 Å². The highest BCUT2D eigenvalue weighted by Gasteiger charge is 2.15. The predicted octanol–water partition coefficient (Wildman–Crippen LogP) is 2.66. The van der Waals surface area contributed by atoms with Crippen LogP contribution in [0.1, 0.15) is 24.2 Å². The van der Waals surface area contributed by atoms with Gasteiger partial charge in [0.05, 0.1) is 0 Å².